The van der Waals surface area contributed by atoms with Crippen LogP contribution in [0.2, 0.25) is 0 Å². The summed E-state index contributed by atoms with van der Waals surface area (Å²) in [4.78, 5) is 15.4. The molecule has 0 saturated heterocycles. The molecule has 2 aromatic rings. The lowest BCUT2D eigenvalue weighted by Crippen LogP contribution is -2.11. The summed E-state index contributed by atoms with van der Waals surface area (Å²) < 4.78 is 0. The second-order valence-corrected chi connectivity index (χ2v) is 4.69. The predicted molar refractivity (Wildman–Crippen MR) is 66.3 cm³/mol. The minimum Gasteiger partial charge on any atom is -0.477 e. The first-order chi connectivity index (χ1) is 8.09. The fraction of sp³-hybridized carbons (Fsp3) is 0.167. The number of nitrogens with two attached hydrogens (primary N) is 1. The third-order valence-electron chi connectivity index (χ3n) is 2.43. The topological polar surface area (TPSA) is 76.2 Å². The van der Waals surface area contributed by atoms with E-state index < -0.39 is 5.97 Å². The van der Waals surface area contributed by atoms with E-state index in [0.717, 1.165) is 16.9 Å². The summed E-state index contributed by atoms with van der Waals surface area (Å²) in [5.74, 6) is -0.952. The molecular weight excluding hydrogens is 236 g/mol. The number of nitrogens with zero attached hydrogens (tertiary/aromatic N) is 1. The number of aromatic nitrogens is 1. The Labute approximate surface area is 103 Å². The number of rotatable bonds is 3. The summed E-state index contributed by atoms with van der Waals surface area (Å²) in [6, 6.07) is 9.14. The van der Waals surface area contributed by atoms with E-state index in [-0.39, 0.29) is 10.9 Å². The number of carboxylic acids is 1. The van der Waals surface area contributed by atoms with Crippen molar-refractivity contribution < 1.29 is 9.90 Å². The van der Waals surface area contributed by atoms with E-state index in [1.54, 1.807) is 6.92 Å². The first kappa shape index (κ1) is 11.8. The van der Waals surface area contributed by atoms with Gasteiger partial charge in [-0.05, 0) is 12.5 Å². The van der Waals surface area contributed by atoms with Crippen molar-refractivity contribution >= 4 is 17.3 Å². The Balaban J connectivity index is 2.35. The van der Waals surface area contributed by atoms with Gasteiger partial charge in [0.25, 0.3) is 0 Å². The zero-order valence-electron chi connectivity index (χ0n) is 9.25. The van der Waals surface area contributed by atoms with E-state index in [1.165, 1.54) is 0 Å². The van der Waals surface area contributed by atoms with Crippen LogP contribution in [0.1, 0.15) is 32.0 Å². The summed E-state index contributed by atoms with van der Waals surface area (Å²) in [6.45, 7) is 1.68. The molecular formula is C12H12N2O2S. The first-order valence-electron chi connectivity index (χ1n) is 5.10. The number of benzene rings is 1. The Kier molecular flexibility index (Phi) is 3.21. The average molecular weight is 248 g/mol. The number of hydrogen-bond donors (Lipinski definition) is 2. The predicted octanol–water partition coefficient (Wildman–Crippen LogP) is 2.20. The van der Waals surface area contributed by atoms with E-state index in [2.05, 4.69) is 4.98 Å². The fourth-order valence-electron chi connectivity index (χ4n) is 1.55. The van der Waals surface area contributed by atoms with Gasteiger partial charge in [0.15, 0.2) is 0 Å². The SMILES string of the molecule is Cc1nc(C(N)c2ccccc2)sc1C(=O)O. The second kappa shape index (κ2) is 4.65. The van der Waals surface area contributed by atoms with Crippen LogP contribution >= 0.6 is 11.3 Å². The Hall–Kier alpha value is -1.72. The molecule has 1 atom stereocenters. The summed E-state index contributed by atoms with van der Waals surface area (Å²) in [6.07, 6.45) is 0. The van der Waals surface area contributed by atoms with Crippen molar-refractivity contribution in [3.63, 3.8) is 0 Å². The van der Waals surface area contributed by atoms with Crippen molar-refractivity contribution in [1.82, 2.24) is 4.98 Å². The van der Waals surface area contributed by atoms with Gasteiger partial charge in [-0.25, -0.2) is 9.78 Å². The van der Waals surface area contributed by atoms with E-state index >= 15 is 0 Å². The highest BCUT2D eigenvalue weighted by molar-refractivity contribution is 7.13. The molecule has 3 N–H and O–H groups in total. The molecule has 5 heteroatoms. The molecule has 1 aromatic heterocycles. The molecule has 4 nitrogen and oxygen atoms in total. The quantitative estimate of drug-likeness (QED) is 0.873. The van der Waals surface area contributed by atoms with Crippen molar-refractivity contribution in [2.75, 3.05) is 0 Å². The Bertz CT molecular complexity index is 537. The highest BCUT2D eigenvalue weighted by Crippen LogP contribution is 2.26. The van der Waals surface area contributed by atoms with Gasteiger partial charge in [-0.2, -0.15) is 0 Å². The summed E-state index contributed by atoms with van der Waals surface area (Å²) in [5.41, 5.74) is 7.50. The van der Waals surface area contributed by atoms with Crippen LogP contribution in [-0.4, -0.2) is 16.1 Å². The lowest BCUT2D eigenvalue weighted by Gasteiger charge is -2.07. The lowest BCUT2D eigenvalue weighted by molar-refractivity contribution is 0.0701. The lowest BCUT2D eigenvalue weighted by atomic mass is 10.1. The van der Waals surface area contributed by atoms with Gasteiger partial charge in [-0.1, -0.05) is 30.3 Å². The Morgan fingerprint density at radius 2 is 2.06 bits per heavy atom. The van der Waals surface area contributed by atoms with E-state index in [4.69, 9.17) is 10.8 Å². The van der Waals surface area contributed by atoms with Crippen LogP contribution in [0.4, 0.5) is 0 Å². The fourth-order valence-corrected chi connectivity index (χ4v) is 2.49. The maximum absolute atomic E-state index is 10.9. The molecule has 0 fully saturated rings. The number of hydrogen-bond acceptors (Lipinski definition) is 4. The van der Waals surface area contributed by atoms with E-state index in [9.17, 15) is 4.79 Å². The van der Waals surface area contributed by atoms with E-state index in [1.807, 2.05) is 30.3 Å². The normalized spacial score (nSPS) is 12.4. The molecule has 0 saturated carbocycles. The highest BCUT2D eigenvalue weighted by Gasteiger charge is 2.18. The van der Waals surface area contributed by atoms with Crippen molar-refractivity contribution in [2.45, 2.75) is 13.0 Å². The second-order valence-electron chi connectivity index (χ2n) is 3.66. The van der Waals surface area contributed by atoms with Crippen molar-refractivity contribution in [1.29, 1.82) is 0 Å². The van der Waals surface area contributed by atoms with Gasteiger partial charge in [-0.3, -0.25) is 0 Å². The maximum Gasteiger partial charge on any atom is 0.347 e. The molecule has 0 aliphatic rings. The van der Waals surface area contributed by atoms with Crippen LogP contribution in [0.5, 0.6) is 0 Å². The van der Waals surface area contributed by atoms with Gasteiger partial charge < -0.3 is 10.8 Å². The highest BCUT2D eigenvalue weighted by atomic mass is 32.1. The molecule has 17 heavy (non-hydrogen) atoms. The molecule has 0 aliphatic carbocycles. The smallest absolute Gasteiger partial charge is 0.347 e. The monoisotopic (exact) mass is 248 g/mol. The summed E-state index contributed by atoms with van der Waals surface area (Å²) in [7, 11) is 0. The minimum atomic E-state index is -0.952. The molecule has 0 spiro atoms. The number of aryl methyl sites for hydroxylation is 1. The van der Waals surface area contributed by atoms with Gasteiger partial charge in [0, 0.05) is 0 Å². The van der Waals surface area contributed by atoms with Crippen molar-refractivity contribution in [3.05, 3.63) is 51.5 Å². The maximum atomic E-state index is 10.9. The standard InChI is InChI=1S/C12H12N2O2S/c1-7-10(12(15)16)17-11(14-7)9(13)8-5-3-2-4-6-8/h2-6,9H,13H2,1H3,(H,15,16). The molecule has 0 radical (unpaired) electrons. The summed E-state index contributed by atoms with van der Waals surface area (Å²) in [5, 5.41) is 9.59. The summed E-state index contributed by atoms with van der Waals surface area (Å²) >= 11 is 1.13. The van der Waals surface area contributed by atoms with Gasteiger partial charge in [-0.15, -0.1) is 11.3 Å². The number of carboxylic acid groups (broad SMARTS) is 1. The van der Waals surface area contributed by atoms with Gasteiger partial charge in [0.2, 0.25) is 0 Å². The molecule has 1 unspecified atom stereocenters. The minimum absolute atomic E-state index is 0.256. The molecule has 0 aliphatic heterocycles. The van der Waals surface area contributed by atoms with Crippen LogP contribution in [0.3, 0.4) is 0 Å². The largest absolute Gasteiger partial charge is 0.477 e. The van der Waals surface area contributed by atoms with E-state index in [0.29, 0.717) is 10.7 Å². The third-order valence-corrected chi connectivity index (χ3v) is 3.66. The van der Waals surface area contributed by atoms with Crippen LogP contribution < -0.4 is 5.73 Å². The average Bonchev–Trinajstić information content (AvgIpc) is 2.71. The molecule has 0 amide bonds. The van der Waals surface area contributed by atoms with Crippen molar-refractivity contribution in [2.24, 2.45) is 5.73 Å². The zero-order valence-corrected chi connectivity index (χ0v) is 10.1. The van der Waals surface area contributed by atoms with Gasteiger partial charge >= 0.3 is 5.97 Å². The molecule has 2 rings (SSSR count). The van der Waals surface area contributed by atoms with Crippen LogP contribution in [0.25, 0.3) is 0 Å². The number of thiazole rings is 1. The van der Waals surface area contributed by atoms with Gasteiger partial charge in [0.1, 0.15) is 9.88 Å². The third kappa shape index (κ3) is 2.35. The number of carbonyl (C=O) groups is 1. The number of aromatic carboxylic acids is 1. The van der Waals surface area contributed by atoms with Gasteiger partial charge in [0.05, 0.1) is 11.7 Å². The van der Waals surface area contributed by atoms with Crippen LogP contribution in [0, 0.1) is 6.92 Å². The molecule has 0 bridgehead atoms. The zero-order chi connectivity index (χ0) is 12.4. The van der Waals surface area contributed by atoms with Crippen LogP contribution in [0.15, 0.2) is 30.3 Å². The Morgan fingerprint density at radius 1 is 1.41 bits per heavy atom. The molecule has 1 heterocycles. The van der Waals surface area contributed by atoms with Crippen molar-refractivity contribution in [3.8, 4) is 0 Å². The first-order valence-corrected chi connectivity index (χ1v) is 5.92. The molecule has 88 valence electrons. The Morgan fingerprint density at radius 3 is 2.59 bits per heavy atom. The van der Waals surface area contributed by atoms with Crippen LogP contribution in [-0.2, 0) is 0 Å². The molecule has 1 aromatic carbocycles.